The average molecular weight is 296 g/mol. The Morgan fingerprint density at radius 3 is 2.71 bits per heavy atom. The van der Waals surface area contributed by atoms with Crippen molar-refractivity contribution in [2.24, 2.45) is 4.58 Å². The first-order valence-corrected chi connectivity index (χ1v) is 3.94. The third-order valence-corrected chi connectivity index (χ3v) is 2.80. The van der Waals surface area contributed by atoms with Gasteiger partial charge in [0.2, 0.25) is 0 Å². The van der Waals surface area contributed by atoms with Gasteiger partial charge in [0.15, 0.2) is 0 Å². The van der Waals surface area contributed by atoms with Crippen LogP contribution in [0.4, 0.5) is 0 Å². The SMILES string of the molecule is O=NSB(I)OBr. The molecule has 7 heavy (non-hydrogen) atoms. The van der Waals surface area contributed by atoms with E-state index in [1.54, 1.807) is 0 Å². The first-order chi connectivity index (χ1) is 3.31. The Morgan fingerprint density at radius 2 is 2.57 bits per heavy atom. The fourth-order valence-corrected chi connectivity index (χ4v) is 0.634. The second-order valence-corrected chi connectivity index (χ2v) is 3.68. The van der Waals surface area contributed by atoms with E-state index >= 15 is 0 Å². The molecule has 0 amide bonds. The molecule has 3 nitrogen and oxygen atoms in total. The topological polar surface area (TPSA) is 38.7 Å². The summed E-state index contributed by atoms with van der Waals surface area (Å²) in [6.07, 6.45) is 0. The normalized spacial score (nSPS) is 8.29. The molecule has 0 bridgehead atoms. The number of halogens is 2. The van der Waals surface area contributed by atoms with Crippen molar-refractivity contribution in [1.82, 2.24) is 0 Å². The van der Waals surface area contributed by atoms with Crippen molar-refractivity contribution >= 4 is 54.5 Å². The van der Waals surface area contributed by atoms with Gasteiger partial charge >= 0.3 is 4.05 Å². The van der Waals surface area contributed by atoms with Crippen molar-refractivity contribution in [3.8, 4) is 0 Å². The summed E-state index contributed by atoms with van der Waals surface area (Å²) in [4.78, 5) is 9.38. The molecule has 0 rings (SSSR count). The van der Waals surface area contributed by atoms with Gasteiger partial charge in [-0.25, -0.2) is 0 Å². The van der Waals surface area contributed by atoms with Crippen LogP contribution in [0.15, 0.2) is 4.58 Å². The zero-order valence-corrected chi connectivity index (χ0v) is 7.57. The summed E-state index contributed by atoms with van der Waals surface area (Å²) in [5.41, 5.74) is 0. The molecule has 0 aromatic heterocycles. The lowest BCUT2D eigenvalue weighted by atomic mass is 10.6. The maximum absolute atomic E-state index is 9.38. The van der Waals surface area contributed by atoms with Crippen molar-refractivity contribution in [2.75, 3.05) is 0 Å². The lowest BCUT2D eigenvalue weighted by Gasteiger charge is -1.87. The highest BCUT2D eigenvalue weighted by Crippen LogP contribution is 2.16. The van der Waals surface area contributed by atoms with Crippen molar-refractivity contribution < 1.29 is 3.75 Å². The van der Waals surface area contributed by atoms with E-state index in [-0.39, 0.29) is 4.05 Å². The van der Waals surface area contributed by atoms with Crippen LogP contribution < -0.4 is 0 Å². The van der Waals surface area contributed by atoms with Crippen LogP contribution in [0.1, 0.15) is 0 Å². The van der Waals surface area contributed by atoms with Gasteiger partial charge in [-0.1, -0.05) is 22.4 Å². The van der Waals surface area contributed by atoms with Gasteiger partial charge < -0.3 is 3.75 Å². The Hall–Kier alpha value is 1.18. The predicted molar refractivity (Wildman–Crippen MR) is 43.2 cm³/mol. The van der Waals surface area contributed by atoms with E-state index in [2.05, 4.69) is 24.6 Å². The molecule has 0 unspecified atom stereocenters. The van der Waals surface area contributed by atoms with E-state index in [0.717, 1.165) is 11.8 Å². The van der Waals surface area contributed by atoms with Crippen LogP contribution >= 0.6 is 50.4 Å². The fourth-order valence-electron chi connectivity index (χ4n) is 0.0501. The molecule has 0 radical (unpaired) electrons. The zero-order valence-electron chi connectivity index (χ0n) is 3.01. The molecule has 0 saturated carbocycles. The Kier molecular flexibility index (Phi) is 6.23. The number of nitroso groups, excluding NO2 is 1. The van der Waals surface area contributed by atoms with Gasteiger partial charge in [-0.2, -0.15) is 0 Å². The molecule has 0 N–H and O–H groups in total. The van der Waals surface area contributed by atoms with Crippen LogP contribution in [0.3, 0.4) is 0 Å². The number of nitrogens with zero attached hydrogens (tertiary/aromatic N) is 1. The third kappa shape index (κ3) is 5.05. The lowest BCUT2D eigenvalue weighted by molar-refractivity contribution is 0.753. The van der Waals surface area contributed by atoms with E-state index in [4.69, 9.17) is 0 Å². The fraction of sp³-hybridized carbons (Fsp3) is 0. The standard InChI is InChI=1S/BBrINO2S/c2-6-1(3)7-4-5. The molecule has 0 aromatic carbocycles. The van der Waals surface area contributed by atoms with Crippen LogP contribution in [0.5, 0.6) is 0 Å². The highest BCUT2D eigenvalue weighted by molar-refractivity contribution is 14.1. The Balaban J connectivity index is 2.98. The van der Waals surface area contributed by atoms with E-state index in [1.165, 1.54) is 0 Å². The molecule has 40 valence electrons. The van der Waals surface area contributed by atoms with Crippen LogP contribution in [-0.4, -0.2) is 4.05 Å². The lowest BCUT2D eigenvalue weighted by Crippen LogP contribution is -1.91. The minimum Gasteiger partial charge on any atom is -0.342 e. The van der Waals surface area contributed by atoms with Gasteiger partial charge in [-0.15, -0.1) is 4.91 Å². The average Bonchev–Trinajstić information content (AvgIpc) is 1.68. The van der Waals surface area contributed by atoms with Gasteiger partial charge in [-0.05, 0) is 4.58 Å². The van der Waals surface area contributed by atoms with E-state index < -0.39 is 0 Å². The third-order valence-electron chi connectivity index (χ3n) is 0.196. The van der Waals surface area contributed by atoms with E-state index in [9.17, 15) is 4.91 Å². The monoisotopic (exact) mass is 295 g/mol. The molecular formula is BBrINO2S. The Labute approximate surface area is 67.4 Å². The summed E-state index contributed by atoms with van der Waals surface area (Å²) < 4.78 is 6.74. The highest BCUT2D eigenvalue weighted by atomic mass is 127. The highest BCUT2D eigenvalue weighted by Gasteiger charge is 2.10. The second kappa shape index (κ2) is 5.32. The van der Waals surface area contributed by atoms with Crippen molar-refractivity contribution in [1.29, 1.82) is 0 Å². The van der Waals surface area contributed by atoms with Gasteiger partial charge in [0.05, 0.1) is 16.3 Å². The van der Waals surface area contributed by atoms with E-state index in [0.29, 0.717) is 0 Å². The molecule has 0 heterocycles. The van der Waals surface area contributed by atoms with Crippen LogP contribution in [-0.2, 0) is 3.75 Å². The molecule has 0 atom stereocenters. The number of hydrogen-bond donors (Lipinski definition) is 0. The van der Waals surface area contributed by atoms with Crippen LogP contribution in [0.25, 0.3) is 0 Å². The molecule has 0 aliphatic heterocycles. The minimum absolute atomic E-state index is 0.227. The van der Waals surface area contributed by atoms with Gasteiger partial charge in [-0.3, -0.25) is 0 Å². The summed E-state index contributed by atoms with van der Waals surface area (Å²) in [6.45, 7) is 0. The molecule has 0 aliphatic rings. The quantitative estimate of drug-likeness (QED) is 0.347. The van der Waals surface area contributed by atoms with Gasteiger partial charge in [0, 0.05) is 11.8 Å². The second-order valence-electron chi connectivity index (χ2n) is 0.543. The summed E-state index contributed by atoms with van der Waals surface area (Å²) in [5, 5.41) is 0. The maximum atomic E-state index is 9.38. The Bertz CT molecular complexity index is 63.7. The first kappa shape index (κ1) is 8.18. The van der Waals surface area contributed by atoms with Crippen molar-refractivity contribution in [2.45, 2.75) is 0 Å². The van der Waals surface area contributed by atoms with Crippen LogP contribution in [0, 0.1) is 4.91 Å². The van der Waals surface area contributed by atoms with Crippen LogP contribution in [0.2, 0.25) is 0 Å². The largest absolute Gasteiger partial charge is 0.473 e. The zero-order chi connectivity index (χ0) is 5.70. The van der Waals surface area contributed by atoms with Gasteiger partial charge in [0.1, 0.15) is 0 Å². The summed E-state index contributed by atoms with van der Waals surface area (Å²) in [5.74, 6) is 0. The van der Waals surface area contributed by atoms with E-state index in [1.807, 2.05) is 22.4 Å². The van der Waals surface area contributed by atoms with Gasteiger partial charge in [0.25, 0.3) is 0 Å². The summed E-state index contributed by atoms with van der Waals surface area (Å²) >= 11 is 5.41. The first-order valence-electron chi connectivity index (χ1n) is 1.21. The molecule has 0 saturated heterocycles. The predicted octanol–water partition coefficient (Wildman–Crippen LogP) is 2.15. The molecule has 0 spiro atoms. The minimum atomic E-state index is -0.227. The molecule has 7 heteroatoms. The molecular weight excluding hydrogens is 296 g/mol. The number of rotatable bonds is 3. The Morgan fingerprint density at radius 1 is 2.00 bits per heavy atom. The van der Waals surface area contributed by atoms with Crippen molar-refractivity contribution in [3.05, 3.63) is 4.91 Å². The smallest absolute Gasteiger partial charge is 0.342 e. The number of hydrogen-bond acceptors (Lipinski definition) is 4. The molecule has 0 fully saturated rings. The summed E-state index contributed by atoms with van der Waals surface area (Å²) in [7, 11) is 0. The van der Waals surface area contributed by atoms with Crippen molar-refractivity contribution in [3.63, 3.8) is 0 Å². The summed E-state index contributed by atoms with van der Waals surface area (Å²) in [6, 6.07) is 0. The maximum Gasteiger partial charge on any atom is 0.473 e. The molecule has 0 aromatic rings. The molecule has 0 aliphatic carbocycles.